The molecule has 1 fully saturated rings. The van der Waals surface area contributed by atoms with Crippen molar-refractivity contribution in [3.63, 3.8) is 0 Å². The zero-order valence-corrected chi connectivity index (χ0v) is 16.6. The maximum atomic E-state index is 13.8. The summed E-state index contributed by atoms with van der Waals surface area (Å²) in [4.78, 5) is 26.6. The van der Waals surface area contributed by atoms with Gasteiger partial charge in [0.2, 0.25) is 5.91 Å². The molecule has 0 N–H and O–H groups in total. The van der Waals surface area contributed by atoms with E-state index in [4.69, 9.17) is 4.74 Å². The number of carbonyl (C=O) groups excluding carboxylic acids is 2. The number of nitrogens with zero attached hydrogens (tertiary/aromatic N) is 3. The molecular formula is C20H17BrFN3O3. The molecule has 0 spiro atoms. The monoisotopic (exact) mass is 445 g/mol. The van der Waals surface area contributed by atoms with Crippen LogP contribution in [0.3, 0.4) is 0 Å². The van der Waals surface area contributed by atoms with E-state index >= 15 is 0 Å². The molecule has 1 aromatic heterocycles. The van der Waals surface area contributed by atoms with Crippen LogP contribution in [-0.4, -0.2) is 33.6 Å². The zero-order valence-electron chi connectivity index (χ0n) is 15.1. The van der Waals surface area contributed by atoms with Crippen LogP contribution in [0.25, 0.3) is 10.9 Å². The molecule has 6 nitrogen and oxygen atoms in total. The van der Waals surface area contributed by atoms with E-state index in [0.717, 1.165) is 5.56 Å². The normalized spacial score (nSPS) is 17.4. The molecule has 4 rings (SSSR count). The Morgan fingerprint density at radius 1 is 1.25 bits per heavy atom. The first-order valence-corrected chi connectivity index (χ1v) is 9.56. The molecule has 1 saturated heterocycles. The van der Waals surface area contributed by atoms with Crippen molar-refractivity contribution in [1.82, 2.24) is 14.7 Å². The van der Waals surface area contributed by atoms with Crippen molar-refractivity contribution in [3.8, 4) is 5.75 Å². The summed E-state index contributed by atoms with van der Waals surface area (Å²) in [6.45, 7) is 0.194. The lowest BCUT2D eigenvalue weighted by Crippen LogP contribution is -2.45. The highest BCUT2D eigenvalue weighted by Gasteiger charge is 2.36. The summed E-state index contributed by atoms with van der Waals surface area (Å²) in [6.07, 6.45) is 2.27. The van der Waals surface area contributed by atoms with Gasteiger partial charge in [0, 0.05) is 18.0 Å². The number of carbonyl (C=O) groups is 2. The summed E-state index contributed by atoms with van der Waals surface area (Å²) in [6, 6.07) is 9.59. The quantitative estimate of drug-likeness (QED) is 0.572. The number of amides is 2. The first-order valence-electron chi connectivity index (χ1n) is 8.77. The zero-order chi connectivity index (χ0) is 19.8. The second kappa shape index (κ2) is 7.35. The lowest BCUT2D eigenvalue weighted by Gasteiger charge is -2.30. The van der Waals surface area contributed by atoms with E-state index in [2.05, 4.69) is 21.0 Å². The molecule has 8 heteroatoms. The highest BCUT2D eigenvalue weighted by molar-refractivity contribution is 9.10. The van der Waals surface area contributed by atoms with E-state index < -0.39 is 11.9 Å². The average Bonchev–Trinajstić information content (AvgIpc) is 3.08. The minimum Gasteiger partial charge on any atom is -0.497 e. The molecule has 0 unspecified atom stereocenters. The minimum atomic E-state index is -0.592. The van der Waals surface area contributed by atoms with Crippen molar-refractivity contribution in [2.75, 3.05) is 7.11 Å². The van der Waals surface area contributed by atoms with Crippen LogP contribution in [0.1, 0.15) is 24.4 Å². The fourth-order valence-electron chi connectivity index (χ4n) is 3.34. The smallest absolute Gasteiger partial charge is 0.254 e. The number of imide groups is 1. The van der Waals surface area contributed by atoms with Gasteiger partial charge in [0.05, 0.1) is 23.6 Å². The van der Waals surface area contributed by atoms with Crippen LogP contribution in [0.15, 0.2) is 47.1 Å². The molecule has 1 aliphatic heterocycles. The number of benzene rings is 2. The largest absolute Gasteiger partial charge is 0.497 e. The molecule has 2 heterocycles. The van der Waals surface area contributed by atoms with Crippen LogP contribution in [0.2, 0.25) is 0 Å². The number of methoxy groups -OCH3 is 1. The van der Waals surface area contributed by atoms with Crippen LogP contribution in [0, 0.1) is 5.82 Å². The van der Waals surface area contributed by atoms with Gasteiger partial charge in [-0.05, 0) is 52.2 Å². The van der Waals surface area contributed by atoms with E-state index in [-0.39, 0.29) is 24.8 Å². The molecule has 3 aromatic rings. The predicted molar refractivity (Wildman–Crippen MR) is 104 cm³/mol. The second-order valence-corrected chi connectivity index (χ2v) is 7.51. The Kier molecular flexibility index (Phi) is 4.89. The van der Waals surface area contributed by atoms with Crippen molar-refractivity contribution in [2.45, 2.75) is 25.4 Å². The van der Waals surface area contributed by atoms with Gasteiger partial charge in [-0.15, -0.1) is 0 Å². The summed E-state index contributed by atoms with van der Waals surface area (Å²) in [5, 5.41) is 5.03. The highest BCUT2D eigenvalue weighted by Crippen LogP contribution is 2.28. The van der Waals surface area contributed by atoms with Crippen molar-refractivity contribution in [2.24, 2.45) is 0 Å². The first-order chi connectivity index (χ1) is 13.5. The number of likely N-dealkylation sites (tertiary alicyclic amines) is 1. The summed E-state index contributed by atoms with van der Waals surface area (Å²) in [5.74, 6) is -0.195. The fraction of sp³-hybridized carbons (Fsp3) is 0.250. The first kappa shape index (κ1) is 18.6. The molecule has 2 amide bonds. The minimum absolute atomic E-state index is 0.194. The number of hydrogen-bond acceptors (Lipinski definition) is 4. The molecule has 0 saturated carbocycles. The maximum Gasteiger partial charge on any atom is 0.254 e. The number of piperidine rings is 1. The third-order valence-electron chi connectivity index (χ3n) is 4.87. The predicted octanol–water partition coefficient (Wildman–Crippen LogP) is 3.84. The lowest BCUT2D eigenvalue weighted by molar-refractivity contribution is -0.152. The van der Waals surface area contributed by atoms with Gasteiger partial charge >= 0.3 is 0 Å². The Labute approximate surface area is 169 Å². The molecule has 28 heavy (non-hydrogen) atoms. The Morgan fingerprint density at radius 3 is 2.71 bits per heavy atom. The molecule has 2 aromatic carbocycles. The van der Waals surface area contributed by atoms with Crippen LogP contribution in [-0.2, 0) is 16.1 Å². The SMILES string of the molecule is COc1ccc(CN2C(=O)CC[C@@H](n3cc4cc(F)c(Br)cc4n3)C2=O)cc1. The van der Waals surface area contributed by atoms with Gasteiger partial charge in [0.1, 0.15) is 17.6 Å². The number of hydrogen-bond donors (Lipinski definition) is 0. The Morgan fingerprint density at radius 2 is 2.00 bits per heavy atom. The van der Waals surface area contributed by atoms with E-state index in [0.29, 0.717) is 27.5 Å². The number of halogens is 2. The summed E-state index contributed by atoms with van der Waals surface area (Å²) in [5.41, 5.74) is 1.42. The summed E-state index contributed by atoms with van der Waals surface area (Å²) in [7, 11) is 1.58. The summed E-state index contributed by atoms with van der Waals surface area (Å²) < 4.78 is 20.8. The number of fused-ring (bicyclic) bond motifs is 1. The van der Waals surface area contributed by atoms with Gasteiger partial charge in [-0.2, -0.15) is 5.10 Å². The molecule has 0 radical (unpaired) electrons. The van der Waals surface area contributed by atoms with Gasteiger partial charge in [0.25, 0.3) is 5.91 Å². The Balaban J connectivity index is 1.60. The third-order valence-corrected chi connectivity index (χ3v) is 5.47. The van der Waals surface area contributed by atoms with Crippen LogP contribution in [0.5, 0.6) is 5.75 Å². The van der Waals surface area contributed by atoms with Gasteiger partial charge in [-0.1, -0.05) is 12.1 Å². The average molecular weight is 446 g/mol. The fourth-order valence-corrected chi connectivity index (χ4v) is 3.67. The van der Waals surface area contributed by atoms with E-state index in [1.807, 2.05) is 12.1 Å². The van der Waals surface area contributed by atoms with Crippen LogP contribution < -0.4 is 4.74 Å². The summed E-state index contributed by atoms with van der Waals surface area (Å²) >= 11 is 3.15. The van der Waals surface area contributed by atoms with Crippen molar-refractivity contribution >= 4 is 38.6 Å². The van der Waals surface area contributed by atoms with Gasteiger partial charge in [-0.25, -0.2) is 4.39 Å². The molecular weight excluding hydrogens is 429 g/mol. The number of ether oxygens (including phenoxy) is 1. The van der Waals surface area contributed by atoms with E-state index in [1.165, 1.54) is 15.6 Å². The Hall–Kier alpha value is -2.74. The topological polar surface area (TPSA) is 64.4 Å². The van der Waals surface area contributed by atoms with Crippen LogP contribution >= 0.6 is 15.9 Å². The maximum absolute atomic E-state index is 13.8. The van der Waals surface area contributed by atoms with E-state index in [9.17, 15) is 14.0 Å². The van der Waals surface area contributed by atoms with Crippen molar-refractivity contribution in [3.05, 3.63) is 58.4 Å². The molecule has 1 atom stereocenters. The molecule has 1 aliphatic rings. The number of rotatable bonds is 4. The van der Waals surface area contributed by atoms with E-state index in [1.54, 1.807) is 31.5 Å². The van der Waals surface area contributed by atoms with Crippen molar-refractivity contribution < 1.29 is 18.7 Å². The lowest BCUT2D eigenvalue weighted by atomic mass is 10.0. The van der Waals surface area contributed by atoms with Crippen LogP contribution in [0.4, 0.5) is 4.39 Å². The highest BCUT2D eigenvalue weighted by atomic mass is 79.9. The van der Waals surface area contributed by atoms with Crippen molar-refractivity contribution in [1.29, 1.82) is 0 Å². The number of aromatic nitrogens is 2. The second-order valence-electron chi connectivity index (χ2n) is 6.65. The Bertz CT molecular complexity index is 1030. The van der Waals surface area contributed by atoms with Gasteiger partial charge < -0.3 is 4.74 Å². The molecule has 0 aliphatic carbocycles. The molecule has 0 bridgehead atoms. The third kappa shape index (κ3) is 3.40. The van der Waals surface area contributed by atoms with Gasteiger partial charge in [0.15, 0.2) is 0 Å². The standard InChI is InChI=1S/C20H17BrFN3O3/c1-28-14-4-2-12(3-5-14)10-24-19(26)7-6-18(20(24)27)25-11-13-8-16(22)15(21)9-17(13)23-25/h2-5,8-9,11,18H,6-7,10H2,1H3/t18-/m1/s1. The van der Waals surface area contributed by atoms with Gasteiger partial charge in [-0.3, -0.25) is 19.2 Å². The molecule has 144 valence electrons.